The summed E-state index contributed by atoms with van der Waals surface area (Å²) in [6.07, 6.45) is 4.29. The van der Waals surface area contributed by atoms with Crippen molar-refractivity contribution in [1.29, 1.82) is 0 Å². The van der Waals surface area contributed by atoms with Crippen molar-refractivity contribution in [1.82, 2.24) is 9.88 Å². The molecule has 4 nitrogen and oxygen atoms in total. The maximum absolute atomic E-state index is 12.2. The third-order valence-corrected chi connectivity index (χ3v) is 3.96. The fourth-order valence-corrected chi connectivity index (χ4v) is 2.56. The maximum atomic E-state index is 12.2. The molecule has 1 aliphatic heterocycles. The van der Waals surface area contributed by atoms with Gasteiger partial charge in [0.2, 0.25) is 5.91 Å². The molecule has 0 aromatic carbocycles. The van der Waals surface area contributed by atoms with Crippen molar-refractivity contribution in [3.63, 3.8) is 0 Å². The summed E-state index contributed by atoms with van der Waals surface area (Å²) in [5, 5.41) is 0. The normalized spacial score (nSPS) is 18.4. The number of aromatic nitrogens is 1. The minimum absolute atomic E-state index is 0.203. The first-order valence-corrected chi connectivity index (χ1v) is 7.01. The lowest BCUT2D eigenvalue weighted by Crippen LogP contribution is -2.43. The Morgan fingerprint density at radius 3 is 2.68 bits per heavy atom. The molecule has 2 rings (SSSR count). The number of hydrogen-bond acceptors (Lipinski definition) is 3. The zero-order valence-corrected chi connectivity index (χ0v) is 11.8. The number of pyridine rings is 1. The number of carbonyl (C=O) groups excluding carboxylic acids is 1. The molecular formula is C15H23N3O. The molecule has 1 amide bonds. The number of carbonyl (C=O) groups is 1. The summed E-state index contributed by atoms with van der Waals surface area (Å²) < 4.78 is 0. The molecule has 1 unspecified atom stereocenters. The van der Waals surface area contributed by atoms with E-state index in [0.717, 1.165) is 37.2 Å². The van der Waals surface area contributed by atoms with Crippen LogP contribution in [-0.4, -0.2) is 34.9 Å². The fourth-order valence-electron chi connectivity index (χ4n) is 2.56. The van der Waals surface area contributed by atoms with Crippen LogP contribution >= 0.6 is 0 Å². The molecule has 1 aromatic rings. The van der Waals surface area contributed by atoms with Crippen molar-refractivity contribution in [3.05, 3.63) is 29.6 Å². The van der Waals surface area contributed by atoms with Gasteiger partial charge in [0.25, 0.3) is 0 Å². The van der Waals surface area contributed by atoms with Gasteiger partial charge in [0.05, 0.1) is 6.42 Å². The Labute approximate surface area is 115 Å². The molecule has 0 bridgehead atoms. The summed E-state index contributed by atoms with van der Waals surface area (Å²) in [6.45, 7) is 5.68. The molecule has 1 saturated heterocycles. The molecule has 2 N–H and O–H groups in total. The molecular weight excluding hydrogens is 238 g/mol. The summed E-state index contributed by atoms with van der Waals surface area (Å²) in [5.74, 6) is 0.763. The third-order valence-electron chi connectivity index (χ3n) is 3.96. The van der Waals surface area contributed by atoms with Crippen LogP contribution in [0, 0.1) is 12.8 Å². The van der Waals surface area contributed by atoms with E-state index in [4.69, 9.17) is 5.73 Å². The smallest absolute Gasteiger partial charge is 0.227 e. The number of likely N-dealkylation sites (tertiary alicyclic amines) is 1. The SMILES string of the molecule is Cc1ccc(CC(=O)N2CCC(C(C)N)CC2)cn1. The number of hydrogen-bond donors (Lipinski definition) is 1. The van der Waals surface area contributed by atoms with Crippen LogP contribution < -0.4 is 5.73 Å². The van der Waals surface area contributed by atoms with Gasteiger partial charge < -0.3 is 10.6 Å². The Balaban J connectivity index is 1.86. The second-order valence-electron chi connectivity index (χ2n) is 5.56. The van der Waals surface area contributed by atoms with E-state index in [0.29, 0.717) is 12.3 Å². The van der Waals surface area contributed by atoms with Crippen LogP contribution in [0.5, 0.6) is 0 Å². The number of piperidine rings is 1. The Morgan fingerprint density at radius 1 is 1.47 bits per heavy atom. The molecule has 1 aromatic heterocycles. The zero-order chi connectivity index (χ0) is 13.8. The molecule has 1 fully saturated rings. The lowest BCUT2D eigenvalue weighted by Gasteiger charge is -2.33. The molecule has 0 aliphatic carbocycles. The molecule has 19 heavy (non-hydrogen) atoms. The number of nitrogens with zero attached hydrogens (tertiary/aromatic N) is 2. The predicted octanol–water partition coefficient (Wildman–Crippen LogP) is 1.52. The Morgan fingerprint density at radius 2 is 2.16 bits per heavy atom. The van der Waals surface area contributed by atoms with Crippen molar-refractivity contribution in [2.24, 2.45) is 11.7 Å². The van der Waals surface area contributed by atoms with Gasteiger partial charge in [0, 0.05) is 31.0 Å². The van der Waals surface area contributed by atoms with Gasteiger partial charge in [0.1, 0.15) is 0 Å². The number of rotatable bonds is 3. The minimum Gasteiger partial charge on any atom is -0.342 e. The Bertz CT molecular complexity index is 420. The van der Waals surface area contributed by atoms with Crippen molar-refractivity contribution < 1.29 is 4.79 Å². The van der Waals surface area contributed by atoms with Crippen molar-refractivity contribution in [2.75, 3.05) is 13.1 Å². The molecule has 0 saturated carbocycles. The highest BCUT2D eigenvalue weighted by Crippen LogP contribution is 2.20. The largest absolute Gasteiger partial charge is 0.342 e. The van der Waals surface area contributed by atoms with Gasteiger partial charge in [-0.25, -0.2) is 0 Å². The minimum atomic E-state index is 0.203. The van der Waals surface area contributed by atoms with Gasteiger partial charge >= 0.3 is 0 Å². The summed E-state index contributed by atoms with van der Waals surface area (Å²) in [7, 11) is 0. The van der Waals surface area contributed by atoms with Crippen LogP contribution in [0.25, 0.3) is 0 Å². The second-order valence-corrected chi connectivity index (χ2v) is 5.56. The highest BCUT2D eigenvalue weighted by atomic mass is 16.2. The molecule has 0 radical (unpaired) electrons. The van der Waals surface area contributed by atoms with E-state index in [2.05, 4.69) is 11.9 Å². The summed E-state index contributed by atoms with van der Waals surface area (Å²) in [6, 6.07) is 4.17. The highest BCUT2D eigenvalue weighted by Gasteiger charge is 2.24. The van der Waals surface area contributed by atoms with Crippen molar-refractivity contribution in [3.8, 4) is 0 Å². The Kier molecular flexibility index (Phi) is 4.53. The fraction of sp³-hybridized carbons (Fsp3) is 0.600. The van der Waals surface area contributed by atoms with Gasteiger partial charge in [-0.3, -0.25) is 9.78 Å². The van der Waals surface area contributed by atoms with E-state index >= 15 is 0 Å². The van der Waals surface area contributed by atoms with E-state index in [1.807, 2.05) is 24.0 Å². The average Bonchev–Trinajstić information content (AvgIpc) is 2.41. The summed E-state index contributed by atoms with van der Waals surface area (Å²) in [5.41, 5.74) is 7.89. The number of aryl methyl sites for hydroxylation is 1. The van der Waals surface area contributed by atoms with Gasteiger partial charge in [-0.05, 0) is 44.2 Å². The quantitative estimate of drug-likeness (QED) is 0.897. The summed E-state index contributed by atoms with van der Waals surface area (Å²) >= 11 is 0. The van der Waals surface area contributed by atoms with Gasteiger partial charge in [-0.2, -0.15) is 0 Å². The van der Waals surface area contributed by atoms with Crippen LogP contribution in [0.15, 0.2) is 18.3 Å². The van der Waals surface area contributed by atoms with Gasteiger partial charge in [0.15, 0.2) is 0 Å². The lowest BCUT2D eigenvalue weighted by atomic mass is 9.91. The first-order valence-electron chi connectivity index (χ1n) is 7.01. The van der Waals surface area contributed by atoms with Crippen LogP contribution in [0.3, 0.4) is 0 Å². The predicted molar refractivity (Wildman–Crippen MR) is 75.6 cm³/mol. The average molecular weight is 261 g/mol. The molecule has 104 valence electrons. The standard InChI is InChI=1S/C15H23N3O/c1-11-3-4-13(10-17-11)9-15(19)18-7-5-14(6-8-18)12(2)16/h3-4,10,12,14H,5-9,16H2,1-2H3. The second kappa shape index (κ2) is 6.15. The van der Waals surface area contributed by atoms with Gasteiger partial charge in [-0.1, -0.05) is 6.07 Å². The van der Waals surface area contributed by atoms with Crippen LogP contribution in [0.2, 0.25) is 0 Å². The van der Waals surface area contributed by atoms with Crippen LogP contribution in [0.4, 0.5) is 0 Å². The monoisotopic (exact) mass is 261 g/mol. The summed E-state index contributed by atoms with van der Waals surface area (Å²) in [4.78, 5) is 18.4. The topological polar surface area (TPSA) is 59.2 Å². The third kappa shape index (κ3) is 3.77. The van der Waals surface area contributed by atoms with Crippen LogP contribution in [-0.2, 0) is 11.2 Å². The molecule has 1 atom stereocenters. The van der Waals surface area contributed by atoms with E-state index in [1.54, 1.807) is 6.20 Å². The highest BCUT2D eigenvalue weighted by molar-refractivity contribution is 5.78. The zero-order valence-electron chi connectivity index (χ0n) is 11.8. The van der Waals surface area contributed by atoms with Crippen molar-refractivity contribution in [2.45, 2.75) is 39.2 Å². The van der Waals surface area contributed by atoms with Crippen LogP contribution in [0.1, 0.15) is 31.0 Å². The molecule has 2 heterocycles. The lowest BCUT2D eigenvalue weighted by molar-refractivity contribution is -0.131. The van der Waals surface area contributed by atoms with Gasteiger partial charge in [-0.15, -0.1) is 0 Å². The number of nitrogens with two attached hydrogens (primary N) is 1. The van der Waals surface area contributed by atoms with E-state index in [1.165, 1.54) is 0 Å². The van der Waals surface area contributed by atoms with Crippen molar-refractivity contribution >= 4 is 5.91 Å². The first kappa shape index (κ1) is 14.0. The number of amides is 1. The molecule has 4 heteroatoms. The van der Waals surface area contributed by atoms with E-state index < -0.39 is 0 Å². The Hall–Kier alpha value is -1.42. The molecule has 1 aliphatic rings. The maximum Gasteiger partial charge on any atom is 0.227 e. The molecule has 0 spiro atoms. The van der Waals surface area contributed by atoms with E-state index in [-0.39, 0.29) is 11.9 Å². The van der Waals surface area contributed by atoms with E-state index in [9.17, 15) is 4.79 Å². The first-order chi connectivity index (χ1) is 9.06.